The van der Waals surface area contributed by atoms with Gasteiger partial charge in [0, 0.05) is 30.6 Å². The van der Waals surface area contributed by atoms with Crippen molar-refractivity contribution in [2.24, 2.45) is 4.99 Å². The minimum Gasteiger partial charge on any atom is -0.491 e. The van der Waals surface area contributed by atoms with Crippen LogP contribution in [0, 0.1) is 6.92 Å². The van der Waals surface area contributed by atoms with E-state index in [1.54, 1.807) is 11.3 Å². The fourth-order valence-electron chi connectivity index (χ4n) is 2.33. The summed E-state index contributed by atoms with van der Waals surface area (Å²) in [5.74, 6) is 0.819. The number of halogens is 4. The second-order valence-electron chi connectivity index (χ2n) is 6.25. The zero-order valence-electron chi connectivity index (χ0n) is 16.7. The van der Waals surface area contributed by atoms with E-state index in [1.807, 2.05) is 20.0 Å². The number of nitrogens with one attached hydrogen (secondary N) is 2. The van der Waals surface area contributed by atoms with Gasteiger partial charge in [-0.3, -0.25) is 4.99 Å². The summed E-state index contributed by atoms with van der Waals surface area (Å²) in [4.78, 5) is 9.77. The molecule has 0 aliphatic carbocycles. The smallest absolute Gasteiger partial charge is 0.416 e. The first-order valence-electron chi connectivity index (χ1n) is 9.19. The number of aliphatic imine (C=N–C) groups is 1. The monoisotopic (exact) mass is 558 g/mol. The highest BCUT2D eigenvalue weighted by atomic mass is 127. The first-order chi connectivity index (χ1) is 13.8. The summed E-state index contributed by atoms with van der Waals surface area (Å²) in [7, 11) is 0. The number of aliphatic hydroxyl groups is 1. The lowest BCUT2D eigenvalue weighted by atomic mass is 10.2. The van der Waals surface area contributed by atoms with Crippen molar-refractivity contribution in [1.29, 1.82) is 0 Å². The van der Waals surface area contributed by atoms with Crippen LogP contribution in [-0.4, -0.2) is 48.4 Å². The molecular formula is C19H26F3IN4O2S. The number of aryl methyl sites for hydroxylation is 1. The standard InChI is InChI=1S/C19H25F3N4O2S.HI/c1-3-23-18(24-9-8-17-25-10-13(2)29-17)26-11-15(27)12-28-16-6-4-14(5-7-16)19(20,21)22;/h4-7,10,15,27H,3,8-9,11-12H2,1-2H3,(H2,23,24,26);1H. The van der Waals surface area contributed by atoms with Gasteiger partial charge >= 0.3 is 6.18 Å². The summed E-state index contributed by atoms with van der Waals surface area (Å²) < 4.78 is 43.0. The summed E-state index contributed by atoms with van der Waals surface area (Å²) >= 11 is 1.65. The van der Waals surface area contributed by atoms with Gasteiger partial charge in [-0.2, -0.15) is 13.2 Å². The predicted molar refractivity (Wildman–Crippen MR) is 123 cm³/mol. The number of nitrogens with zero attached hydrogens (tertiary/aromatic N) is 2. The molecule has 1 unspecified atom stereocenters. The Morgan fingerprint density at radius 1 is 1.27 bits per heavy atom. The number of ether oxygens (including phenoxy) is 1. The summed E-state index contributed by atoms with van der Waals surface area (Å²) in [5.41, 5.74) is -0.746. The van der Waals surface area contributed by atoms with Crippen LogP contribution in [0.3, 0.4) is 0 Å². The molecule has 2 aromatic rings. The third kappa shape index (κ3) is 9.47. The molecule has 6 nitrogen and oxygen atoms in total. The molecule has 0 aliphatic rings. The largest absolute Gasteiger partial charge is 0.491 e. The number of thiazole rings is 1. The molecule has 0 aliphatic heterocycles. The third-order valence-electron chi connectivity index (χ3n) is 3.73. The van der Waals surface area contributed by atoms with E-state index >= 15 is 0 Å². The predicted octanol–water partition coefficient (Wildman–Crippen LogP) is 3.63. The molecular weight excluding hydrogens is 532 g/mol. The summed E-state index contributed by atoms with van der Waals surface area (Å²) in [6, 6.07) is 4.34. The molecule has 3 N–H and O–H groups in total. The fourth-order valence-corrected chi connectivity index (χ4v) is 3.12. The number of hydrogen-bond acceptors (Lipinski definition) is 5. The lowest BCUT2D eigenvalue weighted by Crippen LogP contribution is -2.39. The van der Waals surface area contributed by atoms with Crippen LogP contribution in [0.1, 0.15) is 22.4 Å². The van der Waals surface area contributed by atoms with Crippen molar-refractivity contribution in [3.8, 4) is 5.75 Å². The molecule has 0 radical (unpaired) electrons. The molecule has 1 aromatic carbocycles. The average molecular weight is 558 g/mol. The van der Waals surface area contributed by atoms with Crippen LogP contribution in [0.25, 0.3) is 0 Å². The molecule has 1 heterocycles. The molecule has 0 saturated carbocycles. The molecule has 0 saturated heterocycles. The molecule has 0 spiro atoms. The van der Waals surface area contributed by atoms with Crippen LogP contribution in [0.5, 0.6) is 5.75 Å². The molecule has 2 rings (SSSR count). The van der Waals surface area contributed by atoms with Crippen molar-refractivity contribution in [3.63, 3.8) is 0 Å². The lowest BCUT2D eigenvalue weighted by molar-refractivity contribution is -0.137. The number of hydrogen-bond donors (Lipinski definition) is 3. The minimum atomic E-state index is -4.39. The van der Waals surface area contributed by atoms with E-state index < -0.39 is 17.8 Å². The van der Waals surface area contributed by atoms with Crippen LogP contribution in [0.4, 0.5) is 13.2 Å². The number of rotatable bonds is 9. The normalized spacial score (nSPS) is 12.8. The average Bonchev–Trinajstić information content (AvgIpc) is 3.09. The Morgan fingerprint density at radius 2 is 1.97 bits per heavy atom. The Hall–Kier alpha value is -1.60. The van der Waals surface area contributed by atoms with Crippen LogP contribution >= 0.6 is 35.3 Å². The molecule has 1 aromatic heterocycles. The Balaban J connectivity index is 0.00000450. The maximum atomic E-state index is 12.5. The Labute approximate surface area is 195 Å². The summed E-state index contributed by atoms with van der Waals surface area (Å²) in [5, 5.41) is 17.3. The van der Waals surface area contributed by atoms with E-state index in [4.69, 9.17) is 4.74 Å². The van der Waals surface area contributed by atoms with E-state index in [0.717, 1.165) is 28.4 Å². The highest BCUT2D eigenvalue weighted by Gasteiger charge is 2.30. The van der Waals surface area contributed by atoms with Gasteiger partial charge in [0.25, 0.3) is 0 Å². The Kier molecular flexibility index (Phi) is 11.4. The molecule has 30 heavy (non-hydrogen) atoms. The second-order valence-corrected chi connectivity index (χ2v) is 7.57. The van der Waals surface area contributed by atoms with Crippen molar-refractivity contribution < 1.29 is 23.0 Å². The SMILES string of the molecule is CCNC(=NCC(O)COc1ccc(C(F)(F)F)cc1)NCCc1ncc(C)s1.I. The van der Waals surface area contributed by atoms with Gasteiger partial charge in [0.1, 0.15) is 18.5 Å². The highest BCUT2D eigenvalue weighted by molar-refractivity contribution is 14.0. The Morgan fingerprint density at radius 3 is 2.53 bits per heavy atom. The molecule has 11 heteroatoms. The van der Waals surface area contributed by atoms with Gasteiger partial charge in [0.2, 0.25) is 0 Å². The molecule has 168 valence electrons. The van der Waals surface area contributed by atoms with Crippen LogP contribution in [0.2, 0.25) is 0 Å². The zero-order valence-corrected chi connectivity index (χ0v) is 19.8. The van der Waals surface area contributed by atoms with Crippen LogP contribution < -0.4 is 15.4 Å². The molecule has 0 bridgehead atoms. The van der Waals surface area contributed by atoms with Crippen LogP contribution in [-0.2, 0) is 12.6 Å². The number of aromatic nitrogens is 1. The number of guanidine groups is 1. The van der Waals surface area contributed by atoms with Gasteiger partial charge in [-0.25, -0.2) is 4.98 Å². The first-order valence-corrected chi connectivity index (χ1v) is 10.0. The van der Waals surface area contributed by atoms with Gasteiger partial charge < -0.3 is 20.5 Å². The van der Waals surface area contributed by atoms with Crippen molar-refractivity contribution in [3.05, 3.63) is 45.9 Å². The van der Waals surface area contributed by atoms with Gasteiger partial charge in [-0.15, -0.1) is 35.3 Å². The van der Waals surface area contributed by atoms with Crippen molar-refractivity contribution >= 4 is 41.3 Å². The fraction of sp³-hybridized carbons (Fsp3) is 0.474. The van der Waals surface area contributed by atoms with Crippen molar-refractivity contribution in [2.45, 2.75) is 32.5 Å². The number of benzene rings is 1. The highest BCUT2D eigenvalue weighted by Crippen LogP contribution is 2.30. The maximum absolute atomic E-state index is 12.5. The van der Waals surface area contributed by atoms with Crippen molar-refractivity contribution in [1.82, 2.24) is 15.6 Å². The van der Waals surface area contributed by atoms with Crippen molar-refractivity contribution in [2.75, 3.05) is 26.2 Å². The summed E-state index contributed by atoms with van der Waals surface area (Å²) in [6.07, 6.45) is -2.68. The number of aliphatic hydroxyl groups excluding tert-OH is 1. The minimum absolute atomic E-state index is 0. The molecule has 0 fully saturated rings. The quantitative estimate of drug-likeness (QED) is 0.249. The Bertz CT molecular complexity index is 785. The van der Waals surface area contributed by atoms with Gasteiger partial charge in [0.05, 0.1) is 17.1 Å². The van der Waals surface area contributed by atoms with Gasteiger partial charge in [-0.05, 0) is 38.1 Å². The van der Waals surface area contributed by atoms with E-state index in [2.05, 4.69) is 20.6 Å². The zero-order chi connectivity index (χ0) is 21.3. The molecule has 0 amide bonds. The van der Waals surface area contributed by atoms with E-state index in [0.29, 0.717) is 19.0 Å². The van der Waals surface area contributed by atoms with E-state index in [1.165, 1.54) is 12.1 Å². The maximum Gasteiger partial charge on any atom is 0.416 e. The van der Waals surface area contributed by atoms with E-state index in [-0.39, 0.29) is 42.9 Å². The van der Waals surface area contributed by atoms with Crippen LogP contribution in [0.15, 0.2) is 35.5 Å². The third-order valence-corrected chi connectivity index (χ3v) is 4.70. The lowest BCUT2D eigenvalue weighted by Gasteiger charge is -2.14. The molecule has 1 atom stereocenters. The van der Waals surface area contributed by atoms with E-state index in [9.17, 15) is 18.3 Å². The first kappa shape index (κ1) is 26.4. The summed E-state index contributed by atoms with van der Waals surface area (Å²) in [6.45, 7) is 5.27. The second kappa shape index (κ2) is 13.0. The van der Waals surface area contributed by atoms with Gasteiger partial charge in [0.15, 0.2) is 5.96 Å². The number of alkyl halides is 3. The topological polar surface area (TPSA) is 78.8 Å². The van der Waals surface area contributed by atoms with Gasteiger partial charge in [-0.1, -0.05) is 0 Å².